The molecule has 0 rings (SSSR count). The predicted octanol–water partition coefficient (Wildman–Crippen LogP) is 4.56. The summed E-state index contributed by atoms with van der Waals surface area (Å²) in [5.74, 6) is 0. The molecule has 0 saturated carbocycles. The Balaban J connectivity index is 4.72. The van der Waals surface area contributed by atoms with Crippen molar-refractivity contribution >= 4 is 25.2 Å². The zero-order chi connectivity index (χ0) is 13.4. The molecule has 0 atom stereocenters. The highest BCUT2D eigenvalue weighted by molar-refractivity contribution is 6.88. The Labute approximate surface area is 105 Å². The third-order valence-corrected chi connectivity index (χ3v) is 14.9. The van der Waals surface area contributed by atoms with Gasteiger partial charge in [0.15, 0.2) is 16.6 Å². The van der Waals surface area contributed by atoms with E-state index in [0.29, 0.717) is 0 Å². The van der Waals surface area contributed by atoms with Gasteiger partial charge in [-0.05, 0) is 50.9 Å². The summed E-state index contributed by atoms with van der Waals surface area (Å²) in [6, 6.07) is 0. The van der Waals surface area contributed by atoms with Gasteiger partial charge in [-0.2, -0.15) is 0 Å². The van der Waals surface area contributed by atoms with Gasteiger partial charge in [-0.1, -0.05) is 20.8 Å². The number of hydrogen-bond acceptors (Lipinski definition) is 2. The van der Waals surface area contributed by atoms with E-state index in [1.165, 1.54) is 0 Å². The molecule has 0 radical (unpaired) electrons. The normalized spacial score (nSPS) is 15.4. The van der Waals surface area contributed by atoms with Crippen molar-refractivity contribution in [2.75, 3.05) is 0 Å². The van der Waals surface area contributed by atoms with E-state index in [1.54, 1.807) is 0 Å². The van der Waals surface area contributed by atoms with Crippen LogP contribution < -0.4 is 0 Å². The lowest BCUT2D eigenvalue weighted by Crippen LogP contribution is -2.54. The Morgan fingerprint density at radius 1 is 0.688 bits per heavy atom. The topological polar surface area (TPSA) is 18.5 Å². The first-order valence-electron chi connectivity index (χ1n) is 6.07. The van der Waals surface area contributed by atoms with Crippen LogP contribution in [0.15, 0.2) is 0 Å². The average Bonchev–Trinajstić information content (AvgIpc) is 1.72. The van der Waals surface area contributed by atoms with Gasteiger partial charge in [0.25, 0.3) is 0 Å². The molecule has 2 nitrogen and oxygen atoms in total. The molecule has 98 valence electrons. The molecule has 0 aromatic heterocycles. The van der Waals surface area contributed by atoms with E-state index in [1.807, 2.05) is 0 Å². The van der Waals surface area contributed by atoms with Crippen molar-refractivity contribution in [2.45, 2.75) is 71.6 Å². The van der Waals surface area contributed by atoms with E-state index < -0.39 is 25.2 Å². The molecule has 0 aromatic carbocycles. The molecule has 0 spiro atoms. The number of hydrogen-bond donors (Lipinski definition) is 0. The van der Waals surface area contributed by atoms with Crippen LogP contribution >= 0.6 is 0 Å². The summed E-state index contributed by atoms with van der Waals surface area (Å²) in [7, 11) is -5.13. The monoisotopic (exact) mass is 278 g/mol. The van der Waals surface area contributed by atoms with Crippen molar-refractivity contribution in [3.05, 3.63) is 0 Å². The Morgan fingerprint density at radius 3 is 1.31 bits per heavy atom. The van der Waals surface area contributed by atoms with Crippen LogP contribution in [-0.2, 0) is 8.23 Å². The van der Waals surface area contributed by atoms with Crippen LogP contribution in [0.25, 0.3) is 0 Å². The van der Waals surface area contributed by atoms with Crippen LogP contribution in [0, 0.1) is 0 Å². The molecule has 0 bridgehead atoms. The Bertz CT molecular complexity index is 237. The zero-order valence-electron chi connectivity index (χ0n) is 12.8. The molecule has 0 aliphatic rings. The summed E-state index contributed by atoms with van der Waals surface area (Å²) in [4.78, 5) is 0. The molecule has 0 aromatic rings. The molecule has 16 heavy (non-hydrogen) atoms. The molecule has 0 aliphatic carbocycles. The second-order valence-corrected chi connectivity index (χ2v) is 20.7. The summed E-state index contributed by atoms with van der Waals surface area (Å²) in [5, 5.41) is 0.264. The summed E-state index contributed by atoms with van der Waals surface area (Å²) in [6.07, 6.45) is 0. The molecule has 0 fully saturated rings. The highest BCUT2D eigenvalue weighted by atomic mass is 28.5. The van der Waals surface area contributed by atoms with Crippen LogP contribution in [0.4, 0.5) is 0 Å². The molecule has 0 heterocycles. The molecular formula is C11H30O2Si3. The molecule has 0 amide bonds. The lowest BCUT2D eigenvalue weighted by molar-refractivity contribution is 0.375. The van der Waals surface area contributed by atoms with E-state index in [9.17, 15) is 0 Å². The van der Waals surface area contributed by atoms with Gasteiger partial charge in [0.05, 0.1) is 0 Å². The van der Waals surface area contributed by atoms with Crippen LogP contribution in [0.3, 0.4) is 0 Å². The van der Waals surface area contributed by atoms with Crippen molar-refractivity contribution in [3.63, 3.8) is 0 Å². The van der Waals surface area contributed by atoms with E-state index in [2.05, 4.69) is 66.6 Å². The SMILES string of the molecule is CC(C)(C)[Si](C)(C)O[Si](C)(C)O[Si](C)(C)C. The Morgan fingerprint density at radius 2 is 1.06 bits per heavy atom. The Hall–Kier alpha value is 0.571. The van der Waals surface area contributed by atoms with Crippen molar-refractivity contribution in [1.82, 2.24) is 0 Å². The highest BCUT2D eigenvalue weighted by Crippen LogP contribution is 2.38. The summed E-state index contributed by atoms with van der Waals surface area (Å²) < 4.78 is 12.7. The molecule has 0 aliphatic heterocycles. The lowest BCUT2D eigenvalue weighted by atomic mass is 10.2. The van der Waals surface area contributed by atoms with E-state index in [0.717, 1.165) is 0 Å². The summed E-state index contributed by atoms with van der Waals surface area (Å²) >= 11 is 0. The first-order valence-corrected chi connectivity index (χ1v) is 15.2. The van der Waals surface area contributed by atoms with Crippen LogP contribution in [0.2, 0.25) is 50.9 Å². The van der Waals surface area contributed by atoms with Gasteiger partial charge in [-0.15, -0.1) is 0 Å². The van der Waals surface area contributed by atoms with Gasteiger partial charge in [0, 0.05) is 0 Å². The highest BCUT2D eigenvalue weighted by Gasteiger charge is 2.44. The minimum atomic E-state index is -1.96. The van der Waals surface area contributed by atoms with Gasteiger partial charge >= 0.3 is 8.56 Å². The first-order chi connectivity index (χ1) is 6.66. The van der Waals surface area contributed by atoms with Crippen LogP contribution in [0.5, 0.6) is 0 Å². The largest absolute Gasteiger partial charge is 0.437 e. The maximum absolute atomic E-state index is 6.46. The van der Waals surface area contributed by atoms with Crippen LogP contribution in [-0.4, -0.2) is 25.2 Å². The molecule has 0 unspecified atom stereocenters. The van der Waals surface area contributed by atoms with E-state index in [4.69, 9.17) is 8.23 Å². The summed E-state index contributed by atoms with van der Waals surface area (Å²) in [6.45, 7) is 22.5. The fourth-order valence-corrected chi connectivity index (χ4v) is 14.1. The molecular weight excluding hydrogens is 248 g/mol. The van der Waals surface area contributed by atoms with Gasteiger partial charge in [-0.25, -0.2) is 0 Å². The standard InChI is InChI=1S/C11H30O2Si3/c1-11(2,3)15(7,8)13-16(9,10)12-14(4,5)6/h1-10H3. The van der Waals surface area contributed by atoms with Gasteiger partial charge in [0.2, 0.25) is 0 Å². The third-order valence-electron chi connectivity index (χ3n) is 2.86. The molecule has 0 N–H and O–H groups in total. The third kappa shape index (κ3) is 5.77. The van der Waals surface area contributed by atoms with Crippen molar-refractivity contribution in [3.8, 4) is 0 Å². The molecule has 5 heteroatoms. The zero-order valence-corrected chi connectivity index (χ0v) is 15.8. The minimum absolute atomic E-state index is 0.264. The fraction of sp³-hybridized carbons (Fsp3) is 1.00. The second kappa shape index (κ2) is 4.68. The summed E-state index contributed by atoms with van der Waals surface area (Å²) in [5.41, 5.74) is 0. The maximum Gasteiger partial charge on any atom is 0.311 e. The predicted molar refractivity (Wildman–Crippen MR) is 80.2 cm³/mol. The number of rotatable bonds is 4. The quantitative estimate of drug-likeness (QED) is 0.702. The van der Waals surface area contributed by atoms with Crippen LogP contribution in [0.1, 0.15) is 20.8 Å². The van der Waals surface area contributed by atoms with E-state index in [-0.39, 0.29) is 5.04 Å². The van der Waals surface area contributed by atoms with Gasteiger partial charge < -0.3 is 8.23 Å². The Kier molecular flexibility index (Phi) is 4.85. The van der Waals surface area contributed by atoms with Crippen molar-refractivity contribution in [1.29, 1.82) is 0 Å². The lowest BCUT2D eigenvalue weighted by Gasteiger charge is -2.43. The molecule has 0 saturated heterocycles. The van der Waals surface area contributed by atoms with E-state index >= 15 is 0 Å². The van der Waals surface area contributed by atoms with Gasteiger partial charge in [-0.3, -0.25) is 0 Å². The smallest absolute Gasteiger partial charge is 0.311 e. The van der Waals surface area contributed by atoms with Crippen molar-refractivity contribution in [2.24, 2.45) is 0 Å². The fourth-order valence-electron chi connectivity index (χ4n) is 1.53. The average molecular weight is 279 g/mol. The maximum atomic E-state index is 6.46. The van der Waals surface area contributed by atoms with Crippen molar-refractivity contribution < 1.29 is 8.23 Å². The minimum Gasteiger partial charge on any atom is -0.437 e. The first kappa shape index (κ1) is 16.6. The second-order valence-electron chi connectivity index (χ2n) is 7.48. The van der Waals surface area contributed by atoms with Gasteiger partial charge in [0.1, 0.15) is 0 Å².